The van der Waals surface area contributed by atoms with Crippen LogP contribution in [0.4, 0.5) is 11.6 Å². The number of fused-ring (bicyclic) bond motifs is 1. The molecule has 0 spiro atoms. The average Bonchev–Trinajstić information content (AvgIpc) is 3.20. The maximum atomic E-state index is 13.7. The van der Waals surface area contributed by atoms with Gasteiger partial charge in [0.1, 0.15) is 0 Å². The second-order valence-corrected chi connectivity index (χ2v) is 9.50. The van der Waals surface area contributed by atoms with E-state index in [1.807, 2.05) is 24.5 Å². The molecule has 10 nitrogen and oxygen atoms in total. The summed E-state index contributed by atoms with van der Waals surface area (Å²) in [5.41, 5.74) is 14.2. The fourth-order valence-electron chi connectivity index (χ4n) is 4.56. The van der Waals surface area contributed by atoms with Gasteiger partial charge in [0, 0.05) is 44.0 Å². The highest BCUT2D eigenvalue weighted by molar-refractivity contribution is 5.98. The number of piperidine rings is 1. The number of benzene rings is 1. The third kappa shape index (κ3) is 4.53. The summed E-state index contributed by atoms with van der Waals surface area (Å²) in [5.74, 6) is 0.251. The van der Waals surface area contributed by atoms with Crippen molar-refractivity contribution in [3.05, 3.63) is 61.8 Å². The standard InChI is InChI=1S/C25H33N7O3/c1-15(2)10-12-31-21-22(28-24(31)30-11-6-7-17(26)13-30)29(4)25(35)32(23(21)34)14-20(33)18-8-5-9-19(27)16(18)3/h5,8-10,17H,6-7,11-14,26-27H2,1-4H3. The quantitative estimate of drug-likeness (QED) is 0.311. The Bertz CT molecular complexity index is 1440. The Morgan fingerprint density at radius 1 is 1.23 bits per heavy atom. The van der Waals surface area contributed by atoms with Crippen molar-refractivity contribution in [1.82, 2.24) is 18.7 Å². The van der Waals surface area contributed by atoms with Gasteiger partial charge in [-0.2, -0.15) is 4.98 Å². The molecule has 4 rings (SSSR count). The predicted octanol–water partition coefficient (Wildman–Crippen LogP) is 1.56. The van der Waals surface area contributed by atoms with Crippen molar-refractivity contribution < 1.29 is 4.79 Å². The molecule has 1 aromatic carbocycles. The average molecular weight is 480 g/mol. The summed E-state index contributed by atoms with van der Waals surface area (Å²) in [6, 6.07) is 5.06. The van der Waals surface area contributed by atoms with Crippen molar-refractivity contribution in [3.63, 3.8) is 0 Å². The Morgan fingerprint density at radius 2 is 1.97 bits per heavy atom. The van der Waals surface area contributed by atoms with Gasteiger partial charge in [-0.05, 0) is 45.2 Å². The van der Waals surface area contributed by atoms with Gasteiger partial charge >= 0.3 is 5.69 Å². The molecule has 1 unspecified atom stereocenters. The number of aryl methyl sites for hydroxylation is 1. The minimum absolute atomic E-state index is 0.0140. The van der Waals surface area contributed by atoms with E-state index in [0.29, 0.717) is 41.5 Å². The fourth-order valence-corrected chi connectivity index (χ4v) is 4.56. The minimum Gasteiger partial charge on any atom is -0.398 e. The van der Waals surface area contributed by atoms with Gasteiger partial charge in [-0.1, -0.05) is 23.8 Å². The number of imidazole rings is 1. The number of carbonyl (C=O) groups excluding carboxylic acids is 1. The van der Waals surface area contributed by atoms with E-state index in [-0.39, 0.29) is 23.9 Å². The first-order chi connectivity index (χ1) is 16.6. The molecular weight excluding hydrogens is 446 g/mol. The Kier molecular flexibility index (Phi) is 6.66. The lowest BCUT2D eigenvalue weighted by molar-refractivity contribution is 0.0968. The predicted molar refractivity (Wildman–Crippen MR) is 138 cm³/mol. The molecule has 0 amide bonds. The molecule has 2 aromatic heterocycles. The van der Waals surface area contributed by atoms with Crippen LogP contribution in [-0.4, -0.2) is 43.6 Å². The number of anilines is 2. The van der Waals surface area contributed by atoms with E-state index >= 15 is 0 Å². The molecule has 1 fully saturated rings. The van der Waals surface area contributed by atoms with Gasteiger partial charge in [-0.25, -0.2) is 4.79 Å². The summed E-state index contributed by atoms with van der Waals surface area (Å²) in [5, 5.41) is 0. The van der Waals surface area contributed by atoms with Crippen molar-refractivity contribution in [1.29, 1.82) is 0 Å². The van der Waals surface area contributed by atoms with Gasteiger partial charge in [-0.3, -0.25) is 18.7 Å². The van der Waals surface area contributed by atoms with Crippen LogP contribution in [0.5, 0.6) is 0 Å². The largest absolute Gasteiger partial charge is 0.398 e. The van der Waals surface area contributed by atoms with Gasteiger partial charge in [0.05, 0.1) is 6.54 Å². The lowest BCUT2D eigenvalue weighted by atomic mass is 10.0. The Balaban J connectivity index is 1.89. The number of aromatic nitrogens is 4. The van der Waals surface area contributed by atoms with Crippen molar-refractivity contribution in [3.8, 4) is 0 Å². The first kappa shape index (κ1) is 24.5. The van der Waals surface area contributed by atoms with Crippen LogP contribution in [0, 0.1) is 6.92 Å². The van der Waals surface area contributed by atoms with Crippen molar-refractivity contribution in [2.75, 3.05) is 23.7 Å². The zero-order valence-corrected chi connectivity index (χ0v) is 20.7. The van der Waals surface area contributed by atoms with Crippen LogP contribution in [0.2, 0.25) is 0 Å². The number of hydrogen-bond donors (Lipinski definition) is 2. The van der Waals surface area contributed by atoms with E-state index in [4.69, 9.17) is 16.5 Å². The van der Waals surface area contributed by atoms with Crippen LogP contribution < -0.4 is 27.6 Å². The molecule has 0 aliphatic carbocycles. The van der Waals surface area contributed by atoms with Gasteiger partial charge in [-0.15, -0.1) is 0 Å². The highest BCUT2D eigenvalue weighted by Crippen LogP contribution is 2.23. The smallest absolute Gasteiger partial charge is 0.332 e. The zero-order chi connectivity index (χ0) is 25.4. The molecule has 10 heteroatoms. The third-order valence-electron chi connectivity index (χ3n) is 6.61. The molecule has 0 bridgehead atoms. The number of hydrogen-bond acceptors (Lipinski definition) is 7. The summed E-state index contributed by atoms with van der Waals surface area (Å²) in [7, 11) is 1.57. The van der Waals surface area contributed by atoms with Gasteiger partial charge < -0.3 is 20.9 Å². The number of nitrogens with two attached hydrogens (primary N) is 2. The SMILES string of the molecule is CC(C)=CCn1c(N2CCCC(N)C2)nc2c1c(=O)n(CC(=O)c1cccc(N)c1C)c(=O)n2C. The van der Waals surface area contributed by atoms with Crippen LogP contribution in [0.25, 0.3) is 11.2 Å². The van der Waals surface area contributed by atoms with Crippen LogP contribution >= 0.6 is 0 Å². The number of ketones is 1. The summed E-state index contributed by atoms with van der Waals surface area (Å²) in [6.45, 7) is 7.12. The van der Waals surface area contributed by atoms with Crippen LogP contribution in [0.15, 0.2) is 39.4 Å². The second-order valence-electron chi connectivity index (χ2n) is 9.50. The lowest BCUT2D eigenvalue weighted by Crippen LogP contribution is -2.44. The van der Waals surface area contributed by atoms with E-state index in [0.717, 1.165) is 29.5 Å². The van der Waals surface area contributed by atoms with Crippen molar-refractivity contribution in [2.24, 2.45) is 12.8 Å². The van der Waals surface area contributed by atoms with Crippen LogP contribution in [-0.2, 0) is 20.1 Å². The topological polar surface area (TPSA) is 134 Å². The van der Waals surface area contributed by atoms with E-state index in [9.17, 15) is 14.4 Å². The van der Waals surface area contributed by atoms with Gasteiger partial charge in [0.15, 0.2) is 16.9 Å². The normalized spacial score (nSPS) is 16.0. The van der Waals surface area contributed by atoms with E-state index in [1.165, 1.54) is 4.57 Å². The maximum Gasteiger partial charge on any atom is 0.332 e. The Labute approximate surface area is 203 Å². The summed E-state index contributed by atoms with van der Waals surface area (Å²) in [6.07, 6.45) is 3.86. The van der Waals surface area contributed by atoms with E-state index in [2.05, 4.69) is 4.90 Å². The fraction of sp³-hybridized carbons (Fsp3) is 0.440. The van der Waals surface area contributed by atoms with Crippen LogP contribution in [0.3, 0.4) is 0 Å². The summed E-state index contributed by atoms with van der Waals surface area (Å²) >= 11 is 0. The third-order valence-corrected chi connectivity index (χ3v) is 6.61. The lowest BCUT2D eigenvalue weighted by Gasteiger charge is -2.31. The molecule has 3 heterocycles. The molecule has 1 saturated heterocycles. The van der Waals surface area contributed by atoms with Gasteiger partial charge in [0.25, 0.3) is 5.56 Å². The molecule has 1 atom stereocenters. The van der Waals surface area contributed by atoms with Crippen molar-refractivity contribution >= 4 is 28.6 Å². The van der Waals surface area contributed by atoms with Gasteiger partial charge in [0.2, 0.25) is 5.95 Å². The van der Waals surface area contributed by atoms with E-state index in [1.54, 1.807) is 32.2 Å². The number of nitrogen functional groups attached to an aromatic ring is 1. The molecule has 35 heavy (non-hydrogen) atoms. The Hall–Kier alpha value is -3.66. The van der Waals surface area contributed by atoms with Crippen LogP contribution in [0.1, 0.15) is 42.6 Å². The summed E-state index contributed by atoms with van der Waals surface area (Å²) in [4.78, 5) is 46.8. The molecule has 1 aliphatic heterocycles. The molecule has 1 aliphatic rings. The molecule has 3 aromatic rings. The first-order valence-corrected chi connectivity index (χ1v) is 11.8. The van der Waals surface area contributed by atoms with Crippen molar-refractivity contribution in [2.45, 2.75) is 52.7 Å². The second kappa shape index (κ2) is 9.53. The number of Topliss-reactive ketones (excluding diaryl/α,β-unsaturated/α-hetero) is 1. The first-order valence-electron chi connectivity index (χ1n) is 11.8. The highest BCUT2D eigenvalue weighted by atomic mass is 16.2. The minimum atomic E-state index is -0.592. The molecule has 0 radical (unpaired) electrons. The number of allylic oxidation sites excluding steroid dienone is 2. The number of rotatable bonds is 6. The monoisotopic (exact) mass is 479 g/mol. The number of carbonyl (C=O) groups is 1. The number of nitrogens with zero attached hydrogens (tertiary/aromatic N) is 5. The van der Waals surface area contributed by atoms with E-state index < -0.39 is 11.2 Å². The zero-order valence-electron chi connectivity index (χ0n) is 20.7. The molecular formula is C25H33N7O3. The molecule has 186 valence electrons. The maximum absolute atomic E-state index is 13.7. The Morgan fingerprint density at radius 3 is 2.66 bits per heavy atom. The highest BCUT2D eigenvalue weighted by Gasteiger charge is 2.26. The molecule has 4 N–H and O–H groups in total. The molecule has 0 saturated carbocycles. The summed E-state index contributed by atoms with van der Waals surface area (Å²) < 4.78 is 4.15.